The van der Waals surface area contributed by atoms with Gasteiger partial charge in [-0.05, 0) is 50.5 Å². The molecule has 1 heterocycles. The van der Waals surface area contributed by atoms with E-state index in [-0.39, 0.29) is 11.1 Å². The lowest BCUT2D eigenvalue weighted by atomic mass is 10.2. The van der Waals surface area contributed by atoms with Crippen molar-refractivity contribution in [3.05, 3.63) is 68.5 Å². The van der Waals surface area contributed by atoms with Gasteiger partial charge in [0.15, 0.2) is 8.32 Å². The molecule has 0 saturated heterocycles. The second-order valence-electron chi connectivity index (χ2n) is 9.06. The second-order valence-corrected chi connectivity index (χ2v) is 13.9. The largest absolute Gasteiger partial charge is 0.417 e. The first kappa shape index (κ1) is 23.0. The Hall–Kier alpha value is -2.25. The molecule has 0 fully saturated rings. The highest BCUT2D eigenvalue weighted by molar-refractivity contribution is 6.74. The van der Waals surface area contributed by atoms with E-state index in [1.807, 2.05) is 6.92 Å². The van der Waals surface area contributed by atoms with Crippen molar-refractivity contribution in [2.45, 2.75) is 65.2 Å². The number of carbonyl (C=O) groups is 1. The van der Waals surface area contributed by atoms with Crippen LogP contribution < -0.4 is 11.2 Å². The first-order valence-corrected chi connectivity index (χ1v) is 12.9. The van der Waals surface area contributed by atoms with Crippen molar-refractivity contribution in [1.82, 2.24) is 9.13 Å². The summed E-state index contributed by atoms with van der Waals surface area (Å²) >= 11 is 0. The van der Waals surface area contributed by atoms with E-state index >= 15 is 0 Å². The van der Waals surface area contributed by atoms with Gasteiger partial charge in [-0.3, -0.25) is 14.2 Å². The molecule has 2 aromatic rings. The summed E-state index contributed by atoms with van der Waals surface area (Å²) in [6.45, 7) is 15.0. The van der Waals surface area contributed by atoms with E-state index in [0.717, 1.165) is 4.57 Å². The van der Waals surface area contributed by atoms with Crippen molar-refractivity contribution in [2.75, 3.05) is 6.61 Å². The Kier molecular flexibility index (Phi) is 6.85. The average Bonchev–Trinajstić information content (AvgIpc) is 2.64. The fourth-order valence-electron chi connectivity index (χ4n) is 2.74. The lowest BCUT2D eigenvalue weighted by Crippen LogP contribution is -2.45. The summed E-state index contributed by atoms with van der Waals surface area (Å²) in [7, 11) is -1.88. The quantitative estimate of drug-likeness (QED) is 0.668. The van der Waals surface area contributed by atoms with E-state index in [0.29, 0.717) is 24.2 Å². The number of hydrogen-bond acceptors (Lipinski definition) is 4. The van der Waals surface area contributed by atoms with Gasteiger partial charge in [0.2, 0.25) is 0 Å². The highest BCUT2D eigenvalue weighted by Gasteiger charge is 2.37. The molecule has 29 heavy (non-hydrogen) atoms. The van der Waals surface area contributed by atoms with Crippen LogP contribution in [-0.4, -0.2) is 30.0 Å². The van der Waals surface area contributed by atoms with Gasteiger partial charge in [0.25, 0.3) is 11.5 Å². The Labute approximate surface area is 173 Å². The minimum Gasteiger partial charge on any atom is -0.417 e. The zero-order valence-electron chi connectivity index (χ0n) is 18.5. The number of aryl methyl sites for hydroxylation is 1. The van der Waals surface area contributed by atoms with Gasteiger partial charge < -0.3 is 4.43 Å². The van der Waals surface area contributed by atoms with Crippen LogP contribution >= 0.6 is 0 Å². The third-order valence-electron chi connectivity index (χ3n) is 5.79. The van der Waals surface area contributed by atoms with Crippen molar-refractivity contribution in [3.8, 4) is 0 Å². The molecule has 0 saturated carbocycles. The van der Waals surface area contributed by atoms with Gasteiger partial charge in [0.1, 0.15) is 0 Å². The molecule has 0 spiro atoms. The van der Waals surface area contributed by atoms with Crippen LogP contribution in [0.15, 0.2) is 46.1 Å². The highest BCUT2D eigenvalue weighted by Crippen LogP contribution is 2.36. The van der Waals surface area contributed by atoms with Crippen LogP contribution in [0.2, 0.25) is 18.1 Å². The van der Waals surface area contributed by atoms with Crippen molar-refractivity contribution in [3.63, 3.8) is 0 Å². The summed E-state index contributed by atoms with van der Waals surface area (Å²) in [5.41, 5.74) is -0.539. The lowest BCUT2D eigenvalue weighted by Gasteiger charge is -2.36. The van der Waals surface area contributed by atoms with Gasteiger partial charge >= 0.3 is 5.69 Å². The third-order valence-corrected chi connectivity index (χ3v) is 10.3. The molecule has 0 radical (unpaired) electrons. The summed E-state index contributed by atoms with van der Waals surface area (Å²) in [4.78, 5) is 38.3. The lowest BCUT2D eigenvalue weighted by molar-refractivity contribution is 0.0947. The summed E-state index contributed by atoms with van der Waals surface area (Å²) in [5, 5.41) is 0.110. The maximum Gasteiger partial charge on any atom is 0.338 e. The summed E-state index contributed by atoms with van der Waals surface area (Å²) in [6, 6.07) is 8.16. The molecular formula is C22H32N2O4Si. The van der Waals surface area contributed by atoms with Gasteiger partial charge in [0, 0.05) is 30.0 Å². The van der Waals surface area contributed by atoms with Gasteiger partial charge in [-0.2, -0.15) is 4.57 Å². The highest BCUT2D eigenvalue weighted by atomic mass is 28.4. The maximum absolute atomic E-state index is 13.0. The van der Waals surface area contributed by atoms with Gasteiger partial charge in [0.05, 0.1) is 0 Å². The molecule has 0 aliphatic heterocycles. The normalized spacial score (nSPS) is 13.3. The molecule has 0 aliphatic rings. The molecule has 0 amide bonds. The molecule has 2 rings (SSSR count). The van der Waals surface area contributed by atoms with E-state index in [1.54, 1.807) is 37.3 Å². The number of hydrogen-bond donors (Lipinski definition) is 0. The topological polar surface area (TPSA) is 70.3 Å². The molecule has 1 aromatic carbocycles. The molecule has 0 aliphatic carbocycles. The van der Waals surface area contributed by atoms with Gasteiger partial charge in [-0.1, -0.05) is 39.0 Å². The summed E-state index contributed by atoms with van der Waals surface area (Å²) in [6.07, 6.45) is 2.15. The Morgan fingerprint density at radius 3 is 2.28 bits per heavy atom. The number of rotatable bonds is 6. The molecule has 0 N–H and O–H groups in total. The average molecular weight is 417 g/mol. The molecule has 0 bridgehead atoms. The third kappa shape index (κ3) is 5.03. The van der Waals surface area contributed by atoms with E-state index < -0.39 is 25.5 Å². The maximum atomic E-state index is 13.0. The van der Waals surface area contributed by atoms with Crippen molar-refractivity contribution >= 4 is 14.2 Å². The monoisotopic (exact) mass is 416 g/mol. The molecule has 1 aromatic heterocycles. The summed E-state index contributed by atoms with van der Waals surface area (Å²) in [5.74, 6) is -0.609. The molecule has 1 atom stereocenters. The van der Waals surface area contributed by atoms with Crippen LogP contribution in [0.25, 0.3) is 0 Å². The minimum atomic E-state index is -1.88. The van der Waals surface area contributed by atoms with Crippen LogP contribution in [0.4, 0.5) is 0 Å². The second kappa shape index (κ2) is 8.63. The van der Waals surface area contributed by atoms with Crippen molar-refractivity contribution in [2.24, 2.45) is 0 Å². The molecule has 6 nitrogen and oxygen atoms in total. The van der Waals surface area contributed by atoms with Gasteiger partial charge in [-0.25, -0.2) is 4.79 Å². The molecule has 158 valence electrons. The predicted octanol–water partition coefficient (Wildman–Crippen LogP) is 3.98. The van der Waals surface area contributed by atoms with E-state index in [4.69, 9.17) is 4.43 Å². The zero-order chi connectivity index (χ0) is 22.0. The molecule has 7 heteroatoms. The predicted molar refractivity (Wildman–Crippen MR) is 118 cm³/mol. The number of aromatic nitrogens is 2. The van der Waals surface area contributed by atoms with Crippen molar-refractivity contribution in [1.29, 1.82) is 0 Å². The van der Waals surface area contributed by atoms with E-state index in [9.17, 15) is 14.4 Å². The Morgan fingerprint density at radius 1 is 1.14 bits per heavy atom. The Bertz CT molecular complexity index is 985. The van der Waals surface area contributed by atoms with E-state index in [1.165, 1.54) is 10.8 Å². The smallest absolute Gasteiger partial charge is 0.338 e. The Balaban J connectivity index is 2.30. The fourth-order valence-corrected chi connectivity index (χ4v) is 3.80. The fraction of sp³-hybridized carbons (Fsp3) is 0.500. The zero-order valence-corrected chi connectivity index (χ0v) is 19.5. The number of benzene rings is 1. The minimum absolute atomic E-state index is 0.110. The Morgan fingerprint density at radius 2 is 1.72 bits per heavy atom. The number of carbonyl (C=O) groups excluding carboxylic acids is 1. The van der Waals surface area contributed by atoms with Crippen LogP contribution in [0.3, 0.4) is 0 Å². The standard InChI is InChI=1S/C22H32N2O4Si/c1-16-15-23(17(2)13-14-28-29(6,7)22(3,4)5)21(27)24(19(16)25)20(26)18-11-9-8-10-12-18/h8-12,15,17H,13-14H2,1-7H3. The van der Waals surface area contributed by atoms with Crippen LogP contribution in [0.5, 0.6) is 0 Å². The number of nitrogens with zero attached hydrogens (tertiary/aromatic N) is 2. The molecule has 1 unspecified atom stereocenters. The van der Waals surface area contributed by atoms with Crippen LogP contribution in [0, 0.1) is 6.92 Å². The van der Waals surface area contributed by atoms with Crippen LogP contribution in [-0.2, 0) is 4.43 Å². The van der Waals surface area contributed by atoms with Gasteiger partial charge in [-0.15, -0.1) is 0 Å². The first-order chi connectivity index (χ1) is 13.4. The van der Waals surface area contributed by atoms with E-state index in [2.05, 4.69) is 33.9 Å². The SMILES string of the molecule is Cc1cn(C(C)CCO[Si](C)(C)C(C)(C)C)c(=O)n(C(=O)c2ccccc2)c1=O. The summed E-state index contributed by atoms with van der Waals surface area (Å²) < 4.78 is 8.41. The van der Waals surface area contributed by atoms with Crippen molar-refractivity contribution < 1.29 is 9.22 Å². The first-order valence-electron chi connectivity index (χ1n) is 9.95. The van der Waals surface area contributed by atoms with Crippen LogP contribution in [0.1, 0.15) is 56.1 Å². The molecular weight excluding hydrogens is 384 g/mol.